The summed E-state index contributed by atoms with van der Waals surface area (Å²) in [6.45, 7) is 2.98. The summed E-state index contributed by atoms with van der Waals surface area (Å²) in [6, 6.07) is 0. The van der Waals surface area contributed by atoms with Crippen LogP contribution in [0.5, 0.6) is 0 Å². The molecule has 0 radical (unpaired) electrons. The van der Waals surface area contributed by atoms with Gasteiger partial charge in [-0.25, -0.2) is 4.98 Å². The van der Waals surface area contributed by atoms with Gasteiger partial charge < -0.3 is 14.5 Å². The molecule has 0 saturated heterocycles. The summed E-state index contributed by atoms with van der Waals surface area (Å²) in [7, 11) is 5.89. The van der Waals surface area contributed by atoms with Crippen molar-refractivity contribution < 1.29 is 9.53 Å². The number of ether oxygens (including phenoxy) is 1. The molecule has 3 rings (SSSR count). The monoisotopic (exact) mass is 345 g/mol. The molecule has 2 aromatic heterocycles. The molecule has 0 aliphatic carbocycles. The van der Waals surface area contributed by atoms with Crippen LogP contribution in [0, 0.1) is 0 Å². The maximum absolute atomic E-state index is 12.7. The van der Waals surface area contributed by atoms with Crippen LogP contribution in [0.3, 0.4) is 0 Å². The zero-order valence-electron chi connectivity index (χ0n) is 14.8. The average molecular weight is 345 g/mol. The third-order valence-electron chi connectivity index (χ3n) is 4.18. The highest BCUT2D eigenvalue weighted by Gasteiger charge is 2.33. The number of amides is 1. The van der Waals surface area contributed by atoms with E-state index in [2.05, 4.69) is 25.2 Å². The first-order chi connectivity index (χ1) is 12.1. The summed E-state index contributed by atoms with van der Waals surface area (Å²) in [4.78, 5) is 24.6. The minimum Gasteiger partial charge on any atom is -0.379 e. The molecule has 0 fully saturated rings. The Labute approximate surface area is 146 Å². The van der Waals surface area contributed by atoms with E-state index in [0.29, 0.717) is 32.0 Å². The SMILES string of the molecule is CN(C)CCOCC1CN(C(=O)c2cnccn2)Cc2nnn(C)c21. The minimum absolute atomic E-state index is 0.0338. The molecule has 2 aromatic rings. The van der Waals surface area contributed by atoms with Gasteiger partial charge in [0.2, 0.25) is 0 Å². The molecule has 134 valence electrons. The van der Waals surface area contributed by atoms with E-state index < -0.39 is 0 Å². The first-order valence-electron chi connectivity index (χ1n) is 8.22. The number of hydrogen-bond donors (Lipinski definition) is 0. The van der Waals surface area contributed by atoms with Gasteiger partial charge in [0, 0.05) is 38.4 Å². The van der Waals surface area contributed by atoms with Crippen LogP contribution < -0.4 is 0 Å². The van der Waals surface area contributed by atoms with Gasteiger partial charge in [-0.15, -0.1) is 5.10 Å². The maximum atomic E-state index is 12.7. The Kier molecular flexibility index (Phi) is 5.34. The molecule has 0 spiro atoms. The molecule has 25 heavy (non-hydrogen) atoms. The fraction of sp³-hybridized carbons (Fsp3) is 0.562. The standard InChI is InChI=1S/C16H23N7O2/c1-21(2)6-7-25-11-12-9-23(10-14-15(12)22(3)20-19-14)16(24)13-8-17-4-5-18-13/h4-5,8,12H,6-7,9-11H2,1-3H3. The Bertz CT molecular complexity index is 717. The molecule has 9 heteroatoms. The molecule has 1 aliphatic heterocycles. The topological polar surface area (TPSA) is 89.3 Å². The highest BCUT2D eigenvalue weighted by molar-refractivity contribution is 5.92. The number of fused-ring (bicyclic) bond motifs is 1. The summed E-state index contributed by atoms with van der Waals surface area (Å²) in [5, 5.41) is 8.32. The Balaban J connectivity index is 1.73. The van der Waals surface area contributed by atoms with Crippen molar-refractivity contribution in [3.63, 3.8) is 0 Å². The zero-order chi connectivity index (χ0) is 17.8. The van der Waals surface area contributed by atoms with E-state index in [0.717, 1.165) is 17.9 Å². The summed E-state index contributed by atoms with van der Waals surface area (Å²) < 4.78 is 7.60. The molecule has 0 aromatic carbocycles. The molecule has 9 nitrogen and oxygen atoms in total. The van der Waals surface area contributed by atoms with E-state index in [4.69, 9.17) is 4.74 Å². The van der Waals surface area contributed by atoms with Crippen molar-refractivity contribution >= 4 is 5.91 Å². The number of carbonyl (C=O) groups is 1. The van der Waals surface area contributed by atoms with Gasteiger partial charge in [-0.2, -0.15) is 0 Å². The second-order valence-electron chi connectivity index (χ2n) is 6.40. The number of likely N-dealkylation sites (N-methyl/N-ethyl adjacent to an activating group) is 1. The van der Waals surface area contributed by atoms with Gasteiger partial charge in [0.15, 0.2) is 0 Å². The summed E-state index contributed by atoms with van der Waals surface area (Å²) >= 11 is 0. The van der Waals surface area contributed by atoms with E-state index in [9.17, 15) is 4.79 Å². The number of aryl methyl sites for hydroxylation is 1. The van der Waals surface area contributed by atoms with Crippen molar-refractivity contribution in [1.29, 1.82) is 0 Å². The predicted molar refractivity (Wildman–Crippen MR) is 89.9 cm³/mol. The van der Waals surface area contributed by atoms with Gasteiger partial charge in [0.1, 0.15) is 11.4 Å². The molecule has 0 saturated carbocycles. The number of aromatic nitrogens is 5. The quantitative estimate of drug-likeness (QED) is 0.677. The van der Waals surface area contributed by atoms with E-state index in [1.165, 1.54) is 12.4 Å². The van der Waals surface area contributed by atoms with Crippen molar-refractivity contribution in [2.24, 2.45) is 7.05 Å². The predicted octanol–water partition coefficient (Wildman–Crippen LogP) is -0.0771. The summed E-state index contributed by atoms with van der Waals surface area (Å²) in [5.74, 6) is -0.116. The largest absolute Gasteiger partial charge is 0.379 e. The van der Waals surface area contributed by atoms with E-state index in [1.54, 1.807) is 15.8 Å². The number of rotatable bonds is 6. The third-order valence-corrected chi connectivity index (χ3v) is 4.18. The first kappa shape index (κ1) is 17.4. The fourth-order valence-corrected chi connectivity index (χ4v) is 2.95. The van der Waals surface area contributed by atoms with Crippen LogP contribution in [-0.4, -0.2) is 81.1 Å². The second kappa shape index (κ2) is 7.66. The summed E-state index contributed by atoms with van der Waals surface area (Å²) in [5.41, 5.74) is 2.18. The van der Waals surface area contributed by atoms with Gasteiger partial charge in [-0.3, -0.25) is 14.5 Å². The normalized spacial score (nSPS) is 17.0. The van der Waals surface area contributed by atoms with Gasteiger partial charge in [-0.1, -0.05) is 5.21 Å². The Morgan fingerprint density at radius 2 is 2.24 bits per heavy atom. The fourth-order valence-electron chi connectivity index (χ4n) is 2.95. The maximum Gasteiger partial charge on any atom is 0.274 e. The smallest absolute Gasteiger partial charge is 0.274 e. The Hall–Kier alpha value is -2.39. The lowest BCUT2D eigenvalue weighted by molar-refractivity contribution is 0.0608. The van der Waals surface area contributed by atoms with Crippen LogP contribution in [-0.2, 0) is 18.3 Å². The molecule has 3 heterocycles. The number of hydrogen-bond acceptors (Lipinski definition) is 7. The van der Waals surface area contributed by atoms with Gasteiger partial charge in [0.25, 0.3) is 5.91 Å². The second-order valence-corrected chi connectivity index (χ2v) is 6.40. The van der Waals surface area contributed by atoms with Crippen molar-refractivity contribution in [3.8, 4) is 0 Å². The molecule has 0 N–H and O–H groups in total. The van der Waals surface area contributed by atoms with Crippen molar-refractivity contribution in [1.82, 2.24) is 34.8 Å². The van der Waals surface area contributed by atoms with E-state index >= 15 is 0 Å². The highest BCUT2D eigenvalue weighted by Crippen LogP contribution is 2.27. The zero-order valence-corrected chi connectivity index (χ0v) is 14.8. The molecule has 1 aliphatic rings. The van der Waals surface area contributed by atoms with Crippen molar-refractivity contribution in [2.45, 2.75) is 12.5 Å². The van der Waals surface area contributed by atoms with Gasteiger partial charge in [0.05, 0.1) is 31.6 Å². The Morgan fingerprint density at radius 3 is 2.96 bits per heavy atom. The van der Waals surface area contributed by atoms with Gasteiger partial charge in [-0.05, 0) is 14.1 Å². The van der Waals surface area contributed by atoms with Crippen LogP contribution >= 0.6 is 0 Å². The average Bonchev–Trinajstić information content (AvgIpc) is 2.99. The number of nitrogens with zero attached hydrogens (tertiary/aromatic N) is 7. The summed E-state index contributed by atoms with van der Waals surface area (Å²) in [6.07, 6.45) is 4.55. The molecule has 1 unspecified atom stereocenters. The lowest BCUT2D eigenvalue weighted by Crippen LogP contribution is -2.40. The lowest BCUT2D eigenvalue weighted by Gasteiger charge is -2.32. The molecule has 1 amide bonds. The number of carbonyl (C=O) groups excluding carboxylic acids is 1. The third kappa shape index (κ3) is 3.99. The van der Waals surface area contributed by atoms with Crippen molar-refractivity contribution in [2.75, 3.05) is 40.4 Å². The van der Waals surface area contributed by atoms with E-state index in [1.807, 2.05) is 21.1 Å². The Morgan fingerprint density at radius 1 is 1.40 bits per heavy atom. The van der Waals surface area contributed by atoms with Crippen LogP contribution in [0.1, 0.15) is 27.8 Å². The van der Waals surface area contributed by atoms with Crippen LogP contribution in [0.2, 0.25) is 0 Å². The minimum atomic E-state index is -0.150. The molecule has 0 bridgehead atoms. The van der Waals surface area contributed by atoms with Crippen molar-refractivity contribution in [3.05, 3.63) is 35.7 Å². The lowest BCUT2D eigenvalue weighted by atomic mass is 9.98. The first-order valence-corrected chi connectivity index (χ1v) is 8.22. The van der Waals surface area contributed by atoms with Gasteiger partial charge >= 0.3 is 0 Å². The molecular formula is C16H23N7O2. The van der Waals surface area contributed by atoms with Crippen LogP contribution in [0.4, 0.5) is 0 Å². The molecule has 1 atom stereocenters. The highest BCUT2D eigenvalue weighted by atomic mass is 16.5. The van der Waals surface area contributed by atoms with Crippen LogP contribution in [0.15, 0.2) is 18.6 Å². The van der Waals surface area contributed by atoms with E-state index in [-0.39, 0.29) is 11.8 Å². The van der Waals surface area contributed by atoms with Crippen LogP contribution in [0.25, 0.3) is 0 Å². The molecular weight excluding hydrogens is 322 g/mol.